The molecule has 0 aromatic rings. The molecule has 2 heterocycles. The molecule has 2 saturated heterocycles. The molecule has 8 nitrogen and oxygen atoms in total. The molecule has 0 bridgehead atoms. The highest BCUT2D eigenvalue weighted by molar-refractivity contribution is 7.92. The average molecular weight is 451 g/mol. The van der Waals surface area contributed by atoms with Gasteiger partial charge in [-0.1, -0.05) is 0 Å². The molecule has 2 fully saturated rings. The van der Waals surface area contributed by atoms with Crippen LogP contribution < -0.4 is 0 Å². The van der Waals surface area contributed by atoms with Crippen LogP contribution in [0.4, 0.5) is 0 Å². The van der Waals surface area contributed by atoms with Gasteiger partial charge < -0.3 is 9.47 Å². The molecule has 2 aliphatic rings. The number of hydrogen-bond donors (Lipinski definition) is 0. The van der Waals surface area contributed by atoms with E-state index in [4.69, 9.17) is 32.7 Å². The molecule has 26 heavy (non-hydrogen) atoms. The standard InChI is InChI=1S/C14H20Cl2O8S2/c15-9-5-25(19,20)7-11(9)23-13(17)3-1-2-4-14(18)24-12-8-26(21,22)6-10(12)16/h9-12H,1-8H2/t9-,10+,11+,12-. The second kappa shape index (κ2) is 8.62. The van der Waals surface area contributed by atoms with Crippen molar-refractivity contribution in [3.05, 3.63) is 0 Å². The van der Waals surface area contributed by atoms with E-state index in [9.17, 15) is 26.4 Å². The Labute approximate surface area is 162 Å². The smallest absolute Gasteiger partial charge is 0.306 e. The van der Waals surface area contributed by atoms with E-state index < -0.39 is 54.6 Å². The predicted molar refractivity (Wildman–Crippen MR) is 94.8 cm³/mol. The molecule has 0 N–H and O–H groups in total. The van der Waals surface area contributed by atoms with Crippen molar-refractivity contribution in [2.75, 3.05) is 23.0 Å². The van der Waals surface area contributed by atoms with E-state index in [-0.39, 0.29) is 35.9 Å². The summed E-state index contributed by atoms with van der Waals surface area (Å²) in [5, 5.41) is -1.49. The van der Waals surface area contributed by atoms with Crippen molar-refractivity contribution in [1.29, 1.82) is 0 Å². The van der Waals surface area contributed by atoms with Crippen molar-refractivity contribution in [2.24, 2.45) is 0 Å². The molecule has 150 valence electrons. The van der Waals surface area contributed by atoms with Crippen LogP contribution in [0.3, 0.4) is 0 Å². The molecule has 0 saturated carbocycles. The zero-order valence-corrected chi connectivity index (χ0v) is 16.9. The second-order valence-electron chi connectivity index (χ2n) is 6.45. The zero-order chi connectivity index (χ0) is 19.5. The minimum atomic E-state index is -3.28. The van der Waals surface area contributed by atoms with Crippen LogP contribution in [0.1, 0.15) is 25.7 Å². The number of ether oxygens (including phenoxy) is 2. The number of alkyl halides is 2. The number of rotatable bonds is 7. The van der Waals surface area contributed by atoms with Gasteiger partial charge in [0, 0.05) is 12.8 Å². The van der Waals surface area contributed by atoms with Gasteiger partial charge >= 0.3 is 11.9 Å². The van der Waals surface area contributed by atoms with Crippen LogP contribution in [0, 0.1) is 0 Å². The Morgan fingerprint density at radius 2 is 1.08 bits per heavy atom. The van der Waals surface area contributed by atoms with E-state index in [1.54, 1.807) is 0 Å². The van der Waals surface area contributed by atoms with E-state index in [0.717, 1.165) is 0 Å². The summed E-state index contributed by atoms with van der Waals surface area (Å²) in [6.07, 6.45) is -0.971. The van der Waals surface area contributed by atoms with E-state index in [0.29, 0.717) is 12.8 Å². The lowest BCUT2D eigenvalue weighted by molar-refractivity contribution is -0.150. The third-order valence-electron chi connectivity index (χ3n) is 4.05. The van der Waals surface area contributed by atoms with Gasteiger partial charge in [-0.05, 0) is 12.8 Å². The first-order chi connectivity index (χ1) is 12.0. The summed E-state index contributed by atoms with van der Waals surface area (Å²) in [5.41, 5.74) is 0. The Balaban J connectivity index is 1.63. The first kappa shape index (κ1) is 21.7. The van der Waals surface area contributed by atoms with Gasteiger partial charge in [-0.3, -0.25) is 9.59 Å². The Bertz CT molecular complexity index is 685. The first-order valence-electron chi connectivity index (χ1n) is 8.05. The summed E-state index contributed by atoms with van der Waals surface area (Å²) < 4.78 is 55.7. The lowest BCUT2D eigenvalue weighted by Crippen LogP contribution is -2.26. The summed E-state index contributed by atoms with van der Waals surface area (Å²) >= 11 is 11.7. The predicted octanol–water partition coefficient (Wildman–Crippen LogP) is 0.442. The minimum Gasteiger partial charge on any atom is -0.460 e. The van der Waals surface area contributed by atoms with Crippen LogP contribution in [0.25, 0.3) is 0 Å². The Morgan fingerprint density at radius 3 is 1.35 bits per heavy atom. The summed E-state index contributed by atoms with van der Waals surface area (Å²) in [6.45, 7) is 0. The highest BCUT2D eigenvalue weighted by Gasteiger charge is 2.40. The number of sulfone groups is 2. The van der Waals surface area contributed by atoms with E-state index >= 15 is 0 Å². The summed E-state index contributed by atoms with van der Waals surface area (Å²) in [5.74, 6) is -2.12. The summed E-state index contributed by atoms with van der Waals surface area (Å²) in [6, 6.07) is 0. The van der Waals surface area contributed by atoms with Gasteiger partial charge in [0.15, 0.2) is 19.7 Å². The number of halogens is 2. The Hall–Kier alpha value is -0.580. The minimum absolute atomic E-state index is 0.0172. The van der Waals surface area contributed by atoms with Crippen molar-refractivity contribution in [1.82, 2.24) is 0 Å². The summed E-state index contributed by atoms with van der Waals surface area (Å²) in [7, 11) is -6.55. The van der Waals surface area contributed by atoms with Crippen molar-refractivity contribution < 1.29 is 35.9 Å². The van der Waals surface area contributed by atoms with Gasteiger partial charge in [-0.2, -0.15) is 0 Å². The monoisotopic (exact) mass is 450 g/mol. The molecule has 0 aromatic carbocycles. The van der Waals surface area contributed by atoms with Crippen molar-refractivity contribution >= 4 is 54.8 Å². The maximum absolute atomic E-state index is 11.7. The normalized spacial score (nSPS) is 32.2. The van der Waals surface area contributed by atoms with Gasteiger partial charge in [0.25, 0.3) is 0 Å². The van der Waals surface area contributed by atoms with Crippen LogP contribution in [-0.4, -0.2) is 74.7 Å². The molecule has 2 rings (SSSR count). The van der Waals surface area contributed by atoms with E-state index in [2.05, 4.69) is 0 Å². The second-order valence-corrected chi connectivity index (χ2v) is 11.9. The quantitative estimate of drug-likeness (QED) is 0.311. The lowest BCUT2D eigenvalue weighted by Gasteiger charge is -2.14. The zero-order valence-electron chi connectivity index (χ0n) is 13.8. The molecule has 0 unspecified atom stereocenters. The fourth-order valence-corrected chi connectivity index (χ4v) is 7.67. The molecule has 0 radical (unpaired) electrons. The third kappa shape index (κ3) is 6.54. The number of hydrogen-bond acceptors (Lipinski definition) is 8. The number of carbonyl (C=O) groups is 2. The molecular formula is C14H20Cl2O8S2. The highest BCUT2D eigenvalue weighted by Crippen LogP contribution is 2.23. The fraction of sp³-hybridized carbons (Fsp3) is 0.857. The van der Waals surface area contributed by atoms with Crippen LogP contribution in [0.15, 0.2) is 0 Å². The average Bonchev–Trinajstić information content (AvgIpc) is 2.88. The van der Waals surface area contributed by atoms with E-state index in [1.807, 2.05) is 0 Å². The van der Waals surface area contributed by atoms with Crippen molar-refractivity contribution in [2.45, 2.75) is 48.6 Å². The number of carbonyl (C=O) groups excluding carboxylic acids is 2. The maximum Gasteiger partial charge on any atom is 0.306 e. The Kier molecular flexibility index (Phi) is 7.20. The van der Waals surface area contributed by atoms with Gasteiger partial charge in [0.2, 0.25) is 0 Å². The molecule has 0 spiro atoms. The SMILES string of the molecule is O=C(CCCCC(=O)O[C@@H]1CS(=O)(=O)C[C@@H]1Cl)O[C@H]1CS(=O)(=O)C[C@H]1Cl. The topological polar surface area (TPSA) is 121 Å². The molecular weight excluding hydrogens is 431 g/mol. The van der Waals surface area contributed by atoms with Crippen molar-refractivity contribution in [3.8, 4) is 0 Å². The Morgan fingerprint density at radius 1 is 0.731 bits per heavy atom. The van der Waals surface area contributed by atoms with Gasteiger partial charge in [0.05, 0.1) is 33.8 Å². The molecule has 0 aliphatic carbocycles. The van der Waals surface area contributed by atoms with Gasteiger partial charge in [-0.25, -0.2) is 16.8 Å². The lowest BCUT2D eigenvalue weighted by atomic mass is 10.2. The van der Waals surface area contributed by atoms with E-state index in [1.165, 1.54) is 0 Å². The van der Waals surface area contributed by atoms with Crippen LogP contribution in [0.5, 0.6) is 0 Å². The molecule has 0 aromatic heterocycles. The molecule has 12 heteroatoms. The number of unbranched alkanes of at least 4 members (excludes halogenated alkanes) is 1. The van der Waals surface area contributed by atoms with Crippen LogP contribution >= 0.6 is 23.2 Å². The highest BCUT2D eigenvalue weighted by atomic mass is 35.5. The summed E-state index contributed by atoms with van der Waals surface area (Å²) in [4.78, 5) is 23.4. The number of esters is 2. The van der Waals surface area contributed by atoms with Gasteiger partial charge in [-0.15, -0.1) is 23.2 Å². The first-order valence-corrected chi connectivity index (χ1v) is 12.6. The van der Waals surface area contributed by atoms with Crippen LogP contribution in [0.2, 0.25) is 0 Å². The van der Waals surface area contributed by atoms with Gasteiger partial charge in [0.1, 0.15) is 12.2 Å². The van der Waals surface area contributed by atoms with Crippen molar-refractivity contribution in [3.63, 3.8) is 0 Å². The third-order valence-corrected chi connectivity index (χ3v) is 8.69. The maximum atomic E-state index is 11.7. The van der Waals surface area contributed by atoms with Crippen LogP contribution in [-0.2, 0) is 38.7 Å². The molecule has 0 amide bonds. The molecule has 2 aliphatic heterocycles. The molecule has 4 atom stereocenters. The largest absolute Gasteiger partial charge is 0.460 e. The fourth-order valence-electron chi connectivity index (χ4n) is 2.76.